The van der Waals surface area contributed by atoms with Crippen molar-refractivity contribution in [1.29, 1.82) is 0 Å². The van der Waals surface area contributed by atoms with Gasteiger partial charge in [-0.15, -0.1) is 0 Å². The molecule has 2 rings (SSSR count). The van der Waals surface area contributed by atoms with Crippen LogP contribution in [0.4, 0.5) is 0 Å². The van der Waals surface area contributed by atoms with Crippen LogP contribution in [0, 0.1) is 0 Å². The highest BCUT2D eigenvalue weighted by Gasteiger charge is 2.08. The molecule has 0 spiro atoms. The lowest BCUT2D eigenvalue weighted by Crippen LogP contribution is -2.33. The fourth-order valence-electron chi connectivity index (χ4n) is 1.84. The Morgan fingerprint density at radius 2 is 1.47 bits per heavy atom. The smallest absolute Gasteiger partial charge is 0.119 e. The van der Waals surface area contributed by atoms with Crippen molar-refractivity contribution < 1.29 is 4.74 Å². The van der Waals surface area contributed by atoms with E-state index in [0.29, 0.717) is 0 Å². The van der Waals surface area contributed by atoms with Crippen LogP contribution in [0.3, 0.4) is 0 Å². The molecule has 0 aliphatic carbocycles. The Labute approximate surface area is 115 Å². The van der Waals surface area contributed by atoms with Gasteiger partial charge in [-0.1, -0.05) is 42.5 Å². The summed E-state index contributed by atoms with van der Waals surface area (Å²) in [6.45, 7) is 3.94. The molecule has 2 aromatic rings. The molecule has 0 heterocycles. The van der Waals surface area contributed by atoms with E-state index in [4.69, 9.17) is 10.5 Å². The molecule has 0 aliphatic rings. The summed E-state index contributed by atoms with van der Waals surface area (Å²) in [6.07, 6.45) is 0.976. The van der Waals surface area contributed by atoms with Gasteiger partial charge in [0.1, 0.15) is 11.9 Å². The summed E-state index contributed by atoms with van der Waals surface area (Å²) in [7, 11) is 0. The molecule has 2 unspecified atom stereocenters. The molecule has 0 saturated carbocycles. The molecule has 0 aliphatic heterocycles. The summed E-state index contributed by atoms with van der Waals surface area (Å²) in [5.41, 5.74) is 8.39. The van der Waals surface area contributed by atoms with Crippen molar-refractivity contribution in [2.75, 3.05) is 0 Å². The quantitative estimate of drug-likeness (QED) is 0.888. The van der Waals surface area contributed by atoms with Crippen LogP contribution in [-0.2, 0) is 6.42 Å². The average Bonchev–Trinajstić information content (AvgIpc) is 2.42. The van der Waals surface area contributed by atoms with Gasteiger partial charge in [0.25, 0.3) is 0 Å². The molecular weight excluding hydrogens is 234 g/mol. The first-order valence-corrected chi connectivity index (χ1v) is 6.70. The van der Waals surface area contributed by atoms with Crippen LogP contribution >= 0.6 is 0 Å². The lowest BCUT2D eigenvalue weighted by Gasteiger charge is -2.18. The van der Waals surface area contributed by atoms with Gasteiger partial charge in [-0.3, -0.25) is 0 Å². The zero-order valence-corrected chi connectivity index (χ0v) is 11.5. The third kappa shape index (κ3) is 4.11. The molecule has 100 valence electrons. The summed E-state index contributed by atoms with van der Waals surface area (Å²) < 4.78 is 5.76. The van der Waals surface area contributed by atoms with Crippen molar-refractivity contribution in [3.63, 3.8) is 0 Å². The van der Waals surface area contributed by atoms with Crippen LogP contribution in [0.2, 0.25) is 0 Å². The Balaban J connectivity index is 1.99. The van der Waals surface area contributed by atoms with Crippen molar-refractivity contribution in [3.8, 4) is 5.75 Å². The summed E-state index contributed by atoms with van der Waals surface area (Å²) in [5, 5.41) is 0. The molecule has 0 aromatic heterocycles. The average molecular weight is 255 g/mol. The molecule has 2 heteroatoms. The van der Waals surface area contributed by atoms with E-state index in [-0.39, 0.29) is 12.1 Å². The second kappa shape index (κ2) is 6.39. The SMILES string of the molecule is CC(N)C(C)Oc1ccc(Cc2ccccc2)cc1. The summed E-state index contributed by atoms with van der Waals surface area (Å²) in [6, 6.07) is 18.7. The number of rotatable bonds is 5. The first kappa shape index (κ1) is 13.6. The van der Waals surface area contributed by atoms with E-state index in [1.54, 1.807) is 0 Å². The predicted molar refractivity (Wildman–Crippen MR) is 79.4 cm³/mol. The van der Waals surface area contributed by atoms with E-state index in [1.807, 2.05) is 32.0 Å². The highest BCUT2D eigenvalue weighted by atomic mass is 16.5. The molecular formula is C17H21NO. The normalized spacial score (nSPS) is 13.8. The Bertz CT molecular complexity index is 490. The fourth-order valence-corrected chi connectivity index (χ4v) is 1.84. The fraction of sp³-hybridized carbons (Fsp3) is 0.294. The highest BCUT2D eigenvalue weighted by Crippen LogP contribution is 2.17. The van der Waals surface area contributed by atoms with E-state index >= 15 is 0 Å². The molecule has 0 fully saturated rings. The third-order valence-electron chi connectivity index (χ3n) is 3.24. The van der Waals surface area contributed by atoms with E-state index in [2.05, 4.69) is 36.4 Å². The predicted octanol–water partition coefficient (Wildman–Crippen LogP) is 3.39. The Kier molecular flexibility index (Phi) is 4.58. The molecule has 0 bridgehead atoms. The zero-order valence-electron chi connectivity index (χ0n) is 11.5. The lowest BCUT2D eigenvalue weighted by atomic mass is 10.1. The lowest BCUT2D eigenvalue weighted by molar-refractivity contribution is 0.196. The third-order valence-corrected chi connectivity index (χ3v) is 3.24. The van der Waals surface area contributed by atoms with Crippen molar-refractivity contribution >= 4 is 0 Å². The van der Waals surface area contributed by atoms with Gasteiger partial charge in [0.05, 0.1) is 0 Å². The van der Waals surface area contributed by atoms with E-state index < -0.39 is 0 Å². The maximum Gasteiger partial charge on any atom is 0.119 e. The molecule has 2 nitrogen and oxygen atoms in total. The number of benzene rings is 2. The molecule has 0 radical (unpaired) electrons. The van der Waals surface area contributed by atoms with Gasteiger partial charge in [-0.2, -0.15) is 0 Å². The summed E-state index contributed by atoms with van der Waals surface area (Å²) in [4.78, 5) is 0. The van der Waals surface area contributed by atoms with Crippen LogP contribution in [0.15, 0.2) is 54.6 Å². The second-order valence-corrected chi connectivity index (χ2v) is 4.99. The first-order valence-electron chi connectivity index (χ1n) is 6.70. The molecule has 0 amide bonds. The van der Waals surface area contributed by atoms with Crippen LogP contribution in [0.5, 0.6) is 5.75 Å². The highest BCUT2D eigenvalue weighted by molar-refractivity contribution is 5.31. The topological polar surface area (TPSA) is 35.2 Å². The van der Waals surface area contributed by atoms with Gasteiger partial charge in [0.15, 0.2) is 0 Å². The van der Waals surface area contributed by atoms with Gasteiger partial charge in [-0.25, -0.2) is 0 Å². The number of nitrogens with two attached hydrogens (primary N) is 1. The Hall–Kier alpha value is -1.80. The molecule has 0 saturated heterocycles. The van der Waals surface area contributed by atoms with E-state index in [0.717, 1.165) is 12.2 Å². The van der Waals surface area contributed by atoms with Gasteiger partial charge in [0, 0.05) is 6.04 Å². The van der Waals surface area contributed by atoms with Crippen LogP contribution in [0.25, 0.3) is 0 Å². The van der Waals surface area contributed by atoms with Gasteiger partial charge in [0.2, 0.25) is 0 Å². The minimum atomic E-state index is 0.0278. The van der Waals surface area contributed by atoms with Gasteiger partial charge >= 0.3 is 0 Å². The van der Waals surface area contributed by atoms with Crippen molar-refractivity contribution in [2.45, 2.75) is 32.4 Å². The monoisotopic (exact) mass is 255 g/mol. The van der Waals surface area contributed by atoms with E-state index in [9.17, 15) is 0 Å². The van der Waals surface area contributed by atoms with Crippen LogP contribution < -0.4 is 10.5 Å². The van der Waals surface area contributed by atoms with Crippen LogP contribution in [-0.4, -0.2) is 12.1 Å². The van der Waals surface area contributed by atoms with Crippen molar-refractivity contribution in [2.24, 2.45) is 5.73 Å². The molecule has 2 N–H and O–H groups in total. The second-order valence-electron chi connectivity index (χ2n) is 4.99. The van der Waals surface area contributed by atoms with Gasteiger partial charge < -0.3 is 10.5 Å². The standard InChI is InChI=1S/C17H21NO/c1-13(18)14(2)19-17-10-8-16(9-11-17)12-15-6-4-3-5-7-15/h3-11,13-14H,12,18H2,1-2H3. The zero-order chi connectivity index (χ0) is 13.7. The van der Waals surface area contributed by atoms with Crippen molar-refractivity contribution in [3.05, 3.63) is 65.7 Å². The molecule has 2 aromatic carbocycles. The largest absolute Gasteiger partial charge is 0.489 e. The number of ether oxygens (including phenoxy) is 1. The van der Waals surface area contributed by atoms with Crippen molar-refractivity contribution in [1.82, 2.24) is 0 Å². The molecule has 2 atom stereocenters. The number of hydrogen-bond donors (Lipinski definition) is 1. The van der Waals surface area contributed by atoms with E-state index in [1.165, 1.54) is 11.1 Å². The first-order chi connectivity index (χ1) is 9.15. The Morgan fingerprint density at radius 1 is 0.895 bits per heavy atom. The number of hydrogen-bond acceptors (Lipinski definition) is 2. The summed E-state index contributed by atoms with van der Waals surface area (Å²) in [5.74, 6) is 0.876. The minimum Gasteiger partial charge on any atom is -0.489 e. The van der Waals surface area contributed by atoms with Gasteiger partial charge in [-0.05, 0) is 43.5 Å². The minimum absolute atomic E-state index is 0.0278. The Morgan fingerprint density at radius 3 is 2.05 bits per heavy atom. The maximum absolute atomic E-state index is 5.79. The summed E-state index contributed by atoms with van der Waals surface area (Å²) >= 11 is 0. The van der Waals surface area contributed by atoms with Crippen LogP contribution in [0.1, 0.15) is 25.0 Å². The maximum atomic E-state index is 5.79. The molecule has 19 heavy (non-hydrogen) atoms.